The van der Waals surface area contributed by atoms with Crippen molar-refractivity contribution in [2.24, 2.45) is 0 Å². The van der Waals surface area contributed by atoms with Crippen molar-refractivity contribution in [3.05, 3.63) is 42.2 Å². The summed E-state index contributed by atoms with van der Waals surface area (Å²) in [5, 5.41) is 0. The van der Waals surface area contributed by atoms with E-state index in [-0.39, 0.29) is 28.4 Å². The number of pyridine rings is 1. The Morgan fingerprint density at radius 3 is 2.06 bits per heavy atom. The Balaban J connectivity index is 1.91. The third-order valence-corrected chi connectivity index (χ3v) is 6.02. The molecule has 0 saturated carbocycles. The molecule has 0 bridgehead atoms. The van der Waals surface area contributed by atoms with Crippen LogP contribution in [0, 0.1) is 11.6 Å². The minimum atomic E-state index is -1.15. The summed E-state index contributed by atoms with van der Waals surface area (Å²) < 4.78 is 55.9. The Bertz CT molecular complexity index is 1090. The predicted octanol–water partition coefficient (Wildman–Crippen LogP) is 3.28. The number of benzene rings is 1. The van der Waals surface area contributed by atoms with Crippen molar-refractivity contribution in [3.63, 3.8) is 0 Å². The van der Waals surface area contributed by atoms with Crippen molar-refractivity contribution < 1.29 is 46.8 Å². The molecule has 1 aliphatic rings. The average Bonchev–Trinajstić information content (AvgIpc) is 2.76. The summed E-state index contributed by atoms with van der Waals surface area (Å²) in [4.78, 5) is 39.0. The molecule has 2 aromatic rings. The summed E-state index contributed by atoms with van der Waals surface area (Å²) in [5.74, 6) is -3.38. The number of rotatable bonds is 7. The molecule has 1 aliphatic heterocycles. The molecule has 3 rings (SSSR count). The van der Waals surface area contributed by atoms with Crippen LogP contribution < -0.4 is 9.47 Å². The Labute approximate surface area is 204 Å². The van der Waals surface area contributed by atoms with Crippen molar-refractivity contribution in [1.82, 2.24) is 4.98 Å². The number of ether oxygens (including phenoxy) is 5. The quantitative estimate of drug-likeness (QED) is 0.406. The van der Waals surface area contributed by atoms with Crippen LogP contribution in [0.25, 0.3) is 11.1 Å². The fourth-order valence-corrected chi connectivity index (χ4v) is 4.72. The summed E-state index contributed by atoms with van der Waals surface area (Å²) in [6.07, 6.45) is -0.612. The van der Waals surface area contributed by atoms with Crippen molar-refractivity contribution in [1.29, 1.82) is 0 Å². The molecular formula is C23H23F2NO8S. The number of nitrogens with zero attached hydrogens (tertiary/aromatic N) is 1. The Morgan fingerprint density at radius 2 is 1.49 bits per heavy atom. The standard InChI is InChI=1S/C23H23F2NO8S/c1-11(27)31-19-10-35-23(22(33-13(3)29)21(19)32-12(2)28)34-16-5-14(8-26-9-16)20-17(24)6-15(30-4)7-18(20)25/h5-9,19,21-23H,10H2,1-4H3/t19-,21+,22-,23-/m1/s1. The number of carbonyl (C=O) groups excluding carboxylic acids is 3. The van der Waals surface area contributed by atoms with Gasteiger partial charge in [0.1, 0.15) is 23.1 Å². The second-order valence-electron chi connectivity index (χ2n) is 7.49. The first-order chi connectivity index (χ1) is 16.6. The fourth-order valence-electron chi connectivity index (χ4n) is 3.51. The lowest BCUT2D eigenvalue weighted by atomic mass is 10.1. The largest absolute Gasteiger partial charge is 0.497 e. The van der Waals surface area contributed by atoms with Gasteiger partial charge in [0.15, 0.2) is 23.7 Å². The molecule has 0 spiro atoms. The molecule has 4 atom stereocenters. The lowest BCUT2D eigenvalue weighted by Gasteiger charge is -2.39. The van der Waals surface area contributed by atoms with Crippen LogP contribution in [0.3, 0.4) is 0 Å². The van der Waals surface area contributed by atoms with Crippen LogP contribution in [0.1, 0.15) is 20.8 Å². The summed E-state index contributed by atoms with van der Waals surface area (Å²) in [6.45, 7) is 3.53. The molecule has 0 radical (unpaired) electrons. The second kappa shape index (κ2) is 11.3. The van der Waals surface area contributed by atoms with Gasteiger partial charge >= 0.3 is 17.9 Å². The van der Waals surface area contributed by atoms with Crippen molar-refractivity contribution in [2.75, 3.05) is 12.9 Å². The molecule has 0 unspecified atom stereocenters. The van der Waals surface area contributed by atoms with Crippen LogP contribution in [0.5, 0.6) is 11.5 Å². The monoisotopic (exact) mass is 511 g/mol. The third-order valence-electron chi connectivity index (χ3n) is 4.81. The van der Waals surface area contributed by atoms with Crippen LogP contribution in [0.2, 0.25) is 0 Å². The van der Waals surface area contributed by atoms with E-state index >= 15 is 0 Å². The molecule has 1 fully saturated rings. The maximum absolute atomic E-state index is 14.6. The van der Waals surface area contributed by atoms with Gasteiger partial charge in [0.25, 0.3) is 0 Å². The van der Waals surface area contributed by atoms with Crippen molar-refractivity contribution in [3.8, 4) is 22.6 Å². The number of methoxy groups -OCH3 is 1. The molecule has 2 heterocycles. The lowest BCUT2D eigenvalue weighted by molar-refractivity contribution is -0.186. The van der Waals surface area contributed by atoms with Crippen molar-refractivity contribution >= 4 is 29.7 Å². The van der Waals surface area contributed by atoms with E-state index in [0.29, 0.717) is 0 Å². The third kappa shape index (κ3) is 6.59. The molecule has 188 valence electrons. The first kappa shape index (κ1) is 26.2. The first-order valence-corrected chi connectivity index (χ1v) is 11.4. The second-order valence-corrected chi connectivity index (χ2v) is 8.62. The lowest BCUT2D eigenvalue weighted by Crippen LogP contribution is -2.55. The van der Waals surface area contributed by atoms with Crippen LogP contribution in [-0.2, 0) is 28.6 Å². The maximum Gasteiger partial charge on any atom is 0.303 e. The number of hydrogen-bond donors (Lipinski definition) is 0. The van der Waals surface area contributed by atoms with Crippen LogP contribution in [-0.4, -0.2) is 59.5 Å². The number of halogens is 2. The maximum atomic E-state index is 14.6. The Morgan fingerprint density at radius 1 is 0.886 bits per heavy atom. The zero-order valence-electron chi connectivity index (χ0n) is 19.3. The van der Waals surface area contributed by atoms with E-state index in [1.807, 2.05) is 0 Å². The normalized spacial score (nSPS) is 21.5. The minimum Gasteiger partial charge on any atom is -0.497 e. The zero-order chi connectivity index (χ0) is 25.7. The molecule has 1 aromatic carbocycles. The number of hydrogen-bond acceptors (Lipinski definition) is 10. The molecule has 12 heteroatoms. The van der Waals surface area contributed by atoms with Gasteiger partial charge in [-0.15, -0.1) is 11.8 Å². The van der Waals surface area contributed by atoms with Gasteiger partial charge in [-0.3, -0.25) is 19.4 Å². The molecular weight excluding hydrogens is 488 g/mol. The Kier molecular flexibility index (Phi) is 8.49. The minimum absolute atomic E-state index is 0.0192. The predicted molar refractivity (Wildman–Crippen MR) is 120 cm³/mol. The molecule has 9 nitrogen and oxygen atoms in total. The van der Waals surface area contributed by atoms with E-state index in [0.717, 1.165) is 23.9 Å². The fraction of sp³-hybridized carbons (Fsp3) is 0.391. The zero-order valence-corrected chi connectivity index (χ0v) is 20.1. The van der Waals surface area contributed by atoms with Gasteiger partial charge in [-0.2, -0.15) is 0 Å². The molecule has 0 aliphatic carbocycles. The van der Waals surface area contributed by atoms with E-state index in [2.05, 4.69) is 4.98 Å². The molecule has 0 N–H and O–H groups in total. The SMILES string of the molecule is COc1cc(F)c(-c2cncc(O[C@@H]3SC[C@@H](OC(C)=O)[C@H](OC(C)=O)[C@H]3OC(C)=O)c2)c(F)c1. The number of aromatic nitrogens is 1. The van der Waals surface area contributed by atoms with Crippen LogP contribution in [0.15, 0.2) is 30.6 Å². The molecule has 1 saturated heterocycles. The summed E-state index contributed by atoms with van der Waals surface area (Å²) in [7, 11) is 1.29. The highest BCUT2D eigenvalue weighted by atomic mass is 32.2. The van der Waals surface area contributed by atoms with E-state index in [9.17, 15) is 23.2 Å². The summed E-state index contributed by atoms with van der Waals surface area (Å²) >= 11 is 1.14. The molecule has 0 amide bonds. The number of esters is 3. The Hall–Kier alpha value is -3.41. The van der Waals surface area contributed by atoms with E-state index in [4.69, 9.17) is 23.7 Å². The van der Waals surface area contributed by atoms with Gasteiger partial charge in [0.05, 0.1) is 18.9 Å². The summed E-state index contributed by atoms with van der Waals surface area (Å²) in [6, 6.07) is 3.45. The van der Waals surface area contributed by atoms with E-state index in [1.165, 1.54) is 46.3 Å². The summed E-state index contributed by atoms with van der Waals surface area (Å²) in [5.41, 5.74) is -1.15. The van der Waals surface area contributed by atoms with Gasteiger partial charge < -0.3 is 23.7 Å². The number of carbonyl (C=O) groups is 3. The van der Waals surface area contributed by atoms with E-state index in [1.54, 1.807) is 0 Å². The highest BCUT2D eigenvalue weighted by molar-refractivity contribution is 7.99. The number of thioether (sulfide) groups is 1. The van der Waals surface area contributed by atoms with Gasteiger partial charge in [-0.1, -0.05) is 0 Å². The topological polar surface area (TPSA) is 110 Å². The van der Waals surface area contributed by atoms with E-state index < -0.39 is 53.3 Å². The van der Waals surface area contributed by atoms with Crippen LogP contribution in [0.4, 0.5) is 8.78 Å². The average molecular weight is 511 g/mol. The molecule has 1 aromatic heterocycles. The highest BCUT2D eigenvalue weighted by Crippen LogP contribution is 2.36. The van der Waals surface area contributed by atoms with Gasteiger partial charge in [-0.05, 0) is 6.07 Å². The van der Waals surface area contributed by atoms with Gasteiger partial charge in [-0.25, -0.2) is 8.78 Å². The molecule has 35 heavy (non-hydrogen) atoms. The van der Waals surface area contributed by atoms with Gasteiger partial charge in [0.2, 0.25) is 0 Å². The van der Waals surface area contributed by atoms with Crippen molar-refractivity contribution in [2.45, 2.75) is 44.5 Å². The first-order valence-electron chi connectivity index (χ1n) is 10.4. The van der Waals surface area contributed by atoms with Crippen LogP contribution >= 0.6 is 11.8 Å². The van der Waals surface area contributed by atoms with Gasteiger partial charge in [0, 0.05) is 50.4 Å². The highest BCUT2D eigenvalue weighted by Gasteiger charge is 2.47. The smallest absolute Gasteiger partial charge is 0.303 e.